The van der Waals surface area contributed by atoms with E-state index in [9.17, 15) is 9.59 Å². The van der Waals surface area contributed by atoms with Gasteiger partial charge >= 0.3 is 5.97 Å². The first kappa shape index (κ1) is 15.3. The van der Waals surface area contributed by atoms with E-state index in [1.165, 1.54) is 12.1 Å². The number of anilines is 1. The fourth-order valence-corrected chi connectivity index (χ4v) is 1.83. The van der Waals surface area contributed by atoms with Gasteiger partial charge in [-0.1, -0.05) is 29.1 Å². The van der Waals surface area contributed by atoms with Gasteiger partial charge in [-0.25, -0.2) is 4.79 Å². The number of nitrogens with one attached hydrogen (secondary N) is 2. The lowest BCUT2D eigenvalue weighted by Crippen LogP contribution is -2.28. The highest BCUT2D eigenvalue weighted by Crippen LogP contribution is 2.31. The second-order valence-electron chi connectivity index (χ2n) is 3.48. The van der Waals surface area contributed by atoms with Gasteiger partial charge in [0.1, 0.15) is 0 Å². The van der Waals surface area contributed by atoms with Gasteiger partial charge in [0.05, 0.1) is 34.4 Å². The Labute approximate surface area is 119 Å². The summed E-state index contributed by atoms with van der Waals surface area (Å²) >= 11 is 11.7. The lowest BCUT2D eigenvalue weighted by Gasteiger charge is -2.10. The number of carbonyl (C=O) groups excluding carboxylic acids is 1. The predicted octanol–water partition coefficient (Wildman–Crippen LogP) is 1.85. The van der Waals surface area contributed by atoms with Crippen molar-refractivity contribution in [1.29, 1.82) is 0 Å². The van der Waals surface area contributed by atoms with Crippen molar-refractivity contribution >= 4 is 40.8 Å². The minimum atomic E-state index is -1.16. The molecule has 1 rings (SSSR count). The minimum Gasteiger partial charge on any atom is -0.478 e. The molecule has 100 valence electrons. The van der Waals surface area contributed by atoms with Crippen LogP contribution in [0.2, 0.25) is 10.0 Å². The lowest BCUT2D eigenvalue weighted by molar-refractivity contribution is -0.115. The van der Waals surface area contributed by atoms with Crippen molar-refractivity contribution in [2.24, 2.45) is 0 Å². The Bertz CT molecular complexity index is 529. The molecule has 0 fully saturated rings. The molecule has 0 saturated heterocycles. The molecule has 0 unspecified atom stereocenters. The van der Waals surface area contributed by atoms with Gasteiger partial charge in [-0.15, -0.1) is 6.42 Å². The molecule has 3 N–H and O–H groups in total. The average molecular weight is 301 g/mol. The first-order valence-corrected chi connectivity index (χ1v) is 5.87. The highest BCUT2D eigenvalue weighted by molar-refractivity contribution is 6.40. The van der Waals surface area contributed by atoms with Crippen LogP contribution in [0.5, 0.6) is 0 Å². The Morgan fingerprint density at radius 1 is 1.32 bits per heavy atom. The van der Waals surface area contributed by atoms with Crippen molar-refractivity contribution in [3.63, 3.8) is 0 Å². The fourth-order valence-electron chi connectivity index (χ4n) is 1.25. The number of terminal acetylenes is 1. The summed E-state index contributed by atoms with van der Waals surface area (Å²) in [5.74, 6) is 0.779. The summed E-state index contributed by atoms with van der Waals surface area (Å²) < 4.78 is 0. The van der Waals surface area contributed by atoms with E-state index in [4.69, 9.17) is 34.7 Å². The molecule has 0 aliphatic rings. The first-order chi connectivity index (χ1) is 8.95. The van der Waals surface area contributed by atoms with Crippen LogP contribution < -0.4 is 10.6 Å². The molecule has 0 heterocycles. The van der Waals surface area contributed by atoms with E-state index in [2.05, 4.69) is 16.6 Å². The molecule has 1 aromatic carbocycles. The van der Waals surface area contributed by atoms with Gasteiger partial charge in [0.2, 0.25) is 5.91 Å². The van der Waals surface area contributed by atoms with Crippen LogP contribution in [0.3, 0.4) is 0 Å². The Kier molecular flexibility index (Phi) is 5.64. The van der Waals surface area contributed by atoms with Crippen LogP contribution in [-0.4, -0.2) is 30.1 Å². The van der Waals surface area contributed by atoms with Crippen LogP contribution in [0.25, 0.3) is 0 Å². The smallest absolute Gasteiger partial charge is 0.335 e. The topological polar surface area (TPSA) is 78.4 Å². The van der Waals surface area contributed by atoms with E-state index in [1.807, 2.05) is 0 Å². The number of carbonyl (C=O) groups is 2. The molecular weight excluding hydrogens is 291 g/mol. The van der Waals surface area contributed by atoms with E-state index in [0.29, 0.717) is 0 Å². The number of aromatic carboxylic acids is 1. The number of halogens is 2. The van der Waals surface area contributed by atoms with Gasteiger partial charge in [0, 0.05) is 0 Å². The van der Waals surface area contributed by atoms with E-state index >= 15 is 0 Å². The zero-order valence-electron chi connectivity index (χ0n) is 9.67. The number of amides is 1. The lowest BCUT2D eigenvalue weighted by atomic mass is 10.2. The van der Waals surface area contributed by atoms with E-state index in [0.717, 1.165) is 0 Å². The molecule has 5 nitrogen and oxygen atoms in total. The van der Waals surface area contributed by atoms with E-state index < -0.39 is 5.97 Å². The van der Waals surface area contributed by atoms with Crippen molar-refractivity contribution in [2.75, 3.05) is 18.4 Å². The van der Waals surface area contributed by atoms with Crippen LogP contribution >= 0.6 is 23.2 Å². The molecule has 0 aliphatic carbocycles. The third kappa shape index (κ3) is 4.45. The molecule has 0 aromatic heterocycles. The molecule has 0 bridgehead atoms. The van der Waals surface area contributed by atoms with Crippen molar-refractivity contribution in [2.45, 2.75) is 0 Å². The third-order valence-electron chi connectivity index (χ3n) is 2.07. The Morgan fingerprint density at radius 3 is 2.37 bits per heavy atom. The number of carboxylic acids is 1. The maximum atomic E-state index is 11.5. The summed E-state index contributed by atoms with van der Waals surface area (Å²) in [6.45, 7) is 0.254. The highest BCUT2D eigenvalue weighted by atomic mass is 35.5. The second-order valence-corrected chi connectivity index (χ2v) is 4.29. The Balaban J connectivity index is 2.82. The summed E-state index contributed by atoms with van der Waals surface area (Å²) in [4.78, 5) is 22.3. The van der Waals surface area contributed by atoms with Gasteiger partial charge < -0.3 is 10.4 Å². The number of rotatable bonds is 5. The van der Waals surface area contributed by atoms with Crippen molar-refractivity contribution < 1.29 is 14.7 Å². The predicted molar refractivity (Wildman–Crippen MR) is 73.8 cm³/mol. The minimum absolute atomic E-state index is 0.00244. The van der Waals surface area contributed by atoms with Gasteiger partial charge in [0.15, 0.2) is 0 Å². The molecule has 7 heteroatoms. The van der Waals surface area contributed by atoms with Crippen molar-refractivity contribution in [1.82, 2.24) is 5.32 Å². The number of carboxylic acid groups (broad SMARTS) is 1. The van der Waals surface area contributed by atoms with Gasteiger partial charge in [0.25, 0.3) is 0 Å². The molecule has 0 spiro atoms. The molecule has 0 atom stereocenters. The molecule has 0 radical (unpaired) electrons. The van der Waals surface area contributed by atoms with Crippen LogP contribution in [0.4, 0.5) is 5.69 Å². The van der Waals surface area contributed by atoms with Crippen LogP contribution in [-0.2, 0) is 4.79 Å². The number of hydrogen-bond acceptors (Lipinski definition) is 3. The maximum Gasteiger partial charge on any atom is 0.335 e. The van der Waals surface area contributed by atoms with Crippen molar-refractivity contribution in [3.8, 4) is 12.3 Å². The quantitative estimate of drug-likeness (QED) is 0.573. The normalized spacial score (nSPS) is 9.74. The Hall–Kier alpha value is -1.74. The largest absolute Gasteiger partial charge is 0.478 e. The molecular formula is C12H10Cl2N2O3. The van der Waals surface area contributed by atoms with Gasteiger partial charge in [-0.05, 0) is 12.1 Å². The zero-order valence-corrected chi connectivity index (χ0v) is 11.2. The summed E-state index contributed by atoms with van der Waals surface area (Å²) in [6.07, 6.45) is 5.02. The monoisotopic (exact) mass is 300 g/mol. The highest BCUT2D eigenvalue weighted by Gasteiger charge is 2.14. The SMILES string of the molecule is C#CCNCC(=O)Nc1c(Cl)cc(C(=O)O)cc1Cl. The van der Waals surface area contributed by atoms with Gasteiger partial charge in [-0.3, -0.25) is 10.1 Å². The molecule has 19 heavy (non-hydrogen) atoms. The fraction of sp³-hybridized carbons (Fsp3) is 0.167. The molecule has 1 aromatic rings. The first-order valence-electron chi connectivity index (χ1n) is 5.12. The number of hydrogen-bond donors (Lipinski definition) is 3. The summed E-state index contributed by atoms with van der Waals surface area (Å²) in [5, 5.41) is 14.1. The van der Waals surface area contributed by atoms with Gasteiger partial charge in [-0.2, -0.15) is 0 Å². The van der Waals surface area contributed by atoms with E-state index in [-0.39, 0.29) is 40.3 Å². The standard InChI is InChI=1S/C12H10Cl2N2O3/c1-2-3-15-6-10(17)16-11-8(13)4-7(12(18)19)5-9(11)14/h1,4-5,15H,3,6H2,(H,16,17)(H,18,19). The molecule has 1 amide bonds. The zero-order chi connectivity index (χ0) is 14.4. The summed E-state index contributed by atoms with van der Waals surface area (Å²) in [7, 11) is 0. The molecule has 0 aliphatic heterocycles. The van der Waals surface area contributed by atoms with Crippen LogP contribution in [0.15, 0.2) is 12.1 Å². The number of benzene rings is 1. The Morgan fingerprint density at radius 2 is 1.89 bits per heavy atom. The van der Waals surface area contributed by atoms with E-state index in [1.54, 1.807) is 0 Å². The molecule has 0 saturated carbocycles. The summed E-state index contributed by atoms with van der Waals surface area (Å²) in [6, 6.07) is 2.42. The second kappa shape index (κ2) is 7.00. The third-order valence-corrected chi connectivity index (χ3v) is 2.66. The van der Waals surface area contributed by atoms with Crippen molar-refractivity contribution in [3.05, 3.63) is 27.7 Å². The summed E-state index contributed by atoms with van der Waals surface area (Å²) in [5.41, 5.74) is 0.110. The van der Waals surface area contributed by atoms with Crippen LogP contribution in [0.1, 0.15) is 10.4 Å². The average Bonchev–Trinajstić information content (AvgIpc) is 2.33. The maximum absolute atomic E-state index is 11.5. The van der Waals surface area contributed by atoms with Crippen LogP contribution in [0, 0.1) is 12.3 Å².